The molecule has 0 aromatic carbocycles. The lowest BCUT2D eigenvalue weighted by Gasteiger charge is -2.29. The molecule has 0 fully saturated rings. The molecule has 0 aliphatic heterocycles. The molecule has 25 N–H and O–H groups in total. The van der Waals surface area contributed by atoms with Gasteiger partial charge in [-0.15, -0.1) is 0 Å². The molecule has 0 heterocycles. The Morgan fingerprint density at radius 1 is 0.248 bits per heavy atom. The number of amides is 12. The molecule has 584 valence electrons. The molecule has 12 amide bonds. The van der Waals surface area contributed by atoms with Crippen molar-refractivity contribution in [3.63, 3.8) is 0 Å². The fourth-order valence-electron chi connectivity index (χ4n) is 11.4. The van der Waals surface area contributed by atoms with Crippen molar-refractivity contribution in [1.29, 1.82) is 0 Å². The molecule has 0 aliphatic carbocycles. The van der Waals surface area contributed by atoms with Gasteiger partial charge in [0.25, 0.3) is 0 Å². The van der Waals surface area contributed by atoms with E-state index < -0.39 is 131 Å². The molecule has 0 bridgehead atoms. The van der Waals surface area contributed by atoms with E-state index in [4.69, 9.17) is 40.1 Å². The van der Waals surface area contributed by atoms with Crippen LogP contribution in [0.3, 0.4) is 0 Å². The predicted molar refractivity (Wildman–Crippen MR) is 395 cm³/mol. The van der Waals surface area contributed by atoms with Crippen molar-refractivity contribution >= 4 is 70.9 Å². The Bertz CT molecular complexity index is 2440. The number of nitrogens with two attached hydrogens (primary N) is 7. The summed E-state index contributed by atoms with van der Waals surface area (Å²) in [7, 11) is 0. The second-order valence-electron chi connectivity index (χ2n) is 28.7. The summed E-state index contributed by atoms with van der Waals surface area (Å²) in [6, 6.07) is -12.9. The van der Waals surface area contributed by atoms with Gasteiger partial charge in [0, 0.05) is 6.42 Å². The van der Waals surface area contributed by atoms with E-state index in [1.54, 1.807) is 0 Å². The van der Waals surface area contributed by atoms with Crippen LogP contribution in [0.25, 0.3) is 0 Å². The van der Waals surface area contributed by atoms with Gasteiger partial charge in [-0.05, 0) is 218 Å². The first kappa shape index (κ1) is 94.4. The second-order valence-corrected chi connectivity index (χ2v) is 28.7. The maximum atomic E-state index is 14.7. The SMILES string of the molecule is CCCCCCCC(=O)N[C@@H](C)C(=O)N[C@@H](CCCCN)C(=O)N[C@@H](CCCCN)C(=O)N[C@@H](CC(C)C)C(=O)N[C@@H](CC(C)C)C(=O)N[C@@H](CCCCN)C(=O)N[C@@H](CCCCN)C(=O)N[C@@H](CC(C)C)C(=O)N[C@@H](CCCCN)C(=O)N[C@@H](CCCCN)C(=O)N[C@@H](CC(C)C)C(N)=O. The lowest BCUT2D eigenvalue weighted by Crippen LogP contribution is -2.61. The quantitative estimate of drug-likeness (QED) is 0.0380. The minimum atomic E-state index is -1.27. The Labute approximate surface area is 603 Å². The van der Waals surface area contributed by atoms with Gasteiger partial charge < -0.3 is 98.6 Å². The summed E-state index contributed by atoms with van der Waals surface area (Å²) in [5.74, 6) is -8.46. The number of rotatable bonds is 60. The molecule has 0 saturated heterocycles. The van der Waals surface area contributed by atoms with Crippen LogP contribution in [0.4, 0.5) is 0 Å². The van der Waals surface area contributed by atoms with E-state index in [2.05, 4.69) is 65.4 Å². The topological polar surface area (TPSA) is 519 Å². The van der Waals surface area contributed by atoms with Gasteiger partial charge in [-0.3, -0.25) is 57.5 Å². The molecule has 0 radical (unpaired) electrons. The highest BCUT2D eigenvalue weighted by Crippen LogP contribution is 2.16. The smallest absolute Gasteiger partial charge is 0.243 e. The maximum absolute atomic E-state index is 14.7. The van der Waals surface area contributed by atoms with E-state index in [1.807, 2.05) is 55.4 Å². The van der Waals surface area contributed by atoms with Gasteiger partial charge in [-0.1, -0.05) is 88.0 Å². The Hall–Kier alpha value is -6.60. The summed E-state index contributed by atoms with van der Waals surface area (Å²) in [5.41, 5.74) is 40.7. The molecule has 0 aromatic heterocycles. The van der Waals surface area contributed by atoms with Crippen LogP contribution in [0.1, 0.15) is 249 Å². The third-order valence-corrected chi connectivity index (χ3v) is 17.1. The van der Waals surface area contributed by atoms with Crippen molar-refractivity contribution in [3.05, 3.63) is 0 Å². The number of hydrogen-bond donors (Lipinski definition) is 18. The molecule has 0 spiro atoms. The number of primary amides is 1. The zero-order valence-corrected chi connectivity index (χ0v) is 63.1. The van der Waals surface area contributed by atoms with Gasteiger partial charge in [-0.25, -0.2) is 0 Å². The van der Waals surface area contributed by atoms with Gasteiger partial charge in [-0.2, -0.15) is 0 Å². The van der Waals surface area contributed by atoms with Crippen LogP contribution in [0.2, 0.25) is 0 Å². The van der Waals surface area contributed by atoms with Gasteiger partial charge in [0.05, 0.1) is 0 Å². The highest BCUT2D eigenvalue weighted by atomic mass is 16.2. The Morgan fingerprint density at radius 2 is 0.455 bits per heavy atom. The Balaban J connectivity index is 7.10. The Kier molecular flexibility index (Phi) is 52.3. The van der Waals surface area contributed by atoms with Crippen molar-refractivity contribution in [3.8, 4) is 0 Å². The zero-order valence-electron chi connectivity index (χ0n) is 63.1. The van der Waals surface area contributed by atoms with Crippen LogP contribution < -0.4 is 98.6 Å². The minimum Gasteiger partial charge on any atom is -0.368 e. The summed E-state index contributed by atoms with van der Waals surface area (Å²) in [4.78, 5) is 169. The van der Waals surface area contributed by atoms with Crippen molar-refractivity contribution in [1.82, 2.24) is 58.5 Å². The number of carbonyl (C=O) groups excluding carboxylic acids is 12. The van der Waals surface area contributed by atoms with E-state index >= 15 is 0 Å². The molecular weight excluding hydrogens is 1300 g/mol. The third-order valence-electron chi connectivity index (χ3n) is 17.1. The van der Waals surface area contributed by atoms with Crippen LogP contribution in [0, 0.1) is 23.7 Å². The van der Waals surface area contributed by atoms with Gasteiger partial charge in [0.1, 0.15) is 66.5 Å². The highest BCUT2D eigenvalue weighted by Gasteiger charge is 2.37. The minimum absolute atomic E-state index is 0.00471. The van der Waals surface area contributed by atoms with Crippen LogP contribution in [-0.4, -0.2) is 177 Å². The predicted octanol–water partition coefficient (Wildman–Crippen LogP) is 1.14. The first-order chi connectivity index (χ1) is 47.9. The fraction of sp³-hybridized carbons (Fsp3) is 0.831. The summed E-state index contributed by atoms with van der Waals surface area (Å²) in [5, 5.41) is 30.7. The first-order valence-corrected chi connectivity index (χ1v) is 37.8. The van der Waals surface area contributed by atoms with Gasteiger partial charge >= 0.3 is 0 Å². The van der Waals surface area contributed by atoms with Crippen LogP contribution in [0.15, 0.2) is 0 Å². The molecule has 30 heteroatoms. The van der Waals surface area contributed by atoms with Crippen molar-refractivity contribution in [2.75, 3.05) is 39.3 Å². The molecule has 0 aromatic rings. The largest absolute Gasteiger partial charge is 0.368 e. The molecular formula is C71H138N18O12. The van der Waals surface area contributed by atoms with Crippen molar-refractivity contribution in [2.45, 2.75) is 315 Å². The molecule has 0 saturated carbocycles. The van der Waals surface area contributed by atoms with E-state index in [-0.39, 0.29) is 113 Å². The first-order valence-electron chi connectivity index (χ1n) is 37.8. The monoisotopic (exact) mass is 1440 g/mol. The van der Waals surface area contributed by atoms with Crippen LogP contribution in [0.5, 0.6) is 0 Å². The number of carbonyl (C=O) groups is 12. The standard InChI is InChI=1S/C71H138N18O12/c1-11-12-13-14-15-34-60(90)79-49(10)62(92)80-50(28-16-22-35-72)63(93)82-54(32-20-26-39-76)68(98)88-59(44-48(8)9)71(101)89-58(43-47(6)7)70(100)85-52(30-18-24-37-74)65(95)83-55(33-21-27-40-77)67(97)87-57(42-46(4)5)69(99)84-51(29-17-23-36-73)64(94)81-53(31-19-25-38-75)66(96)86-56(61(78)91)41-45(2)3/h45-59H,11-44,72-77H2,1-10H3,(H2,78,91)(H,79,90)(H,80,92)(H,81,94)(H,82,93)(H,83,95)(H,84,99)(H,85,100)(H,86,96)(H,87,97)(H,88,98)(H,89,101)/t49-,50-,51-,52-,53-,54-,55-,56-,57-,58-,59-/m0/s1. The van der Waals surface area contributed by atoms with E-state index in [1.165, 1.54) is 6.92 Å². The molecule has 101 heavy (non-hydrogen) atoms. The molecule has 0 rings (SSSR count). The summed E-state index contributed by atoms with van der Waals surface area (Å²) >= 11 is 0. The normalized spacial score (nSPS) is 14.7. The summed E-state index contributed by atoms with van der Waals surface area (Å²) in [6.45, 7) is 20.2. The van der Waals surface area contributed by atoms with Crippen LogP contribution >= 0.6 is 0 Å². The Morgan fingerprint density at radius 3 is 0.683 bits per heavy atom. The highest BCUT2D eigenvalue weighted by molar-refractivity contribution is 5.99. The number of nitrogens with one attached hydrogen (secondary N) is 11. The van der Waals surface area contributed by atoms with E-state index in [9.17, 15) is 57.5 Å². The van der Waals surface area contributed by atoms with E-state index in [0.717, 1.165) is 25.7 Å². The zero-order chi connectivity index (χ0) is 76.4. The van der Waals surface area contributed by atoms with E-state index in [0.29, 0.717) is 110 Å². The maximum Gasteiger partial charge on any atom is 0.243 e. The lowest BCUT2D eigenvalue weighted by molar-refractivity contribution is -0.136. The molecule has 0 aliphatic rings. The second kappa shape index (κ2) is 55.9. The third kappa shape index (κ3) is 43.2. The number of unbranched alkanes of at least 4 members (excludes halogenated alkanes) is 10. The van der Waals surface area contributed by atoms with Gasteiger partial charge in [0.2, 0.25) is 70.9 Å². The van der Waals surface area contributed by atoms with Crippen LogP contribution in [-0.2, 0) is 57.5 Å². The lowest BCUT2D eigenvalue weighted by atomic mass is 9.98. The molecule has 30 nitrogen and oxygen atoms in total. The van der Waals surface area contributed by atoms with Crippen molar-refractivity contribution in [2.24, 2.45) is 63.8 Å². The van der Waals surface area contributed by atoms with Crippen molar-refractivity contribution < 1.29 is 57.5 Å². The molecule has 0 unspecified atom stereocenters. The number of hydrogen-bond acceptors (Lipinski definition) is 18. The average Bonchev–Trinajstić information content (AvgIpc) is 0.940. The van der Waals surface area contributed by atoms with Gasteiger partial charge in [0.15, 0.2) is 0 Å². The average molecular weight is 1440 g/mol. The fourth-order valence-corrected chi connectivity index (χ4v) is 11.4. The molecule has 11 atom stereocenters. The summed E-state index contributed by atoms with van der Waals surface area (Å²) < 4.78 is 0. The summed E-state index contributed by atoms with van der Waals surface area (Å²) in [6.07, 6.45) is 11.7.